The monoisotopic (exact) mass is 371 g/mol. The van der Waals surface area contributed by atoms with Gasteiger partial charge in [0.25, 0.3) is 0 Å². The summed E-state index contributed by atoms with van der Waals surface area (Å²) in [5, 5.41) is 11.3. The molecule has 0 aromatic heterocycles. The third kappa shape index (κ3) is 7.01. The smallest absolute Gasteiger partial charge is 0.303 e. The SMILES string of the molecule is Cc1ccc(OCCOc2ccccc2CNC(=O)CCC(=O)O)c(C)c1. The molecule has 0 fully saturated rings. The van der Waals surface area contributed by atoms with Gasteiger partial charge in [-0.1, -0.05) is 35.9 Å². The summed E-state index contributed by atoms with van der Waals surface area (Å²) >= 11 is 0. The van der Waals surface area contributed by atoms with Gasteiger partial charge in [0.1, 0.15) is 24.7 Å². The normalized spacial score (nSPS) is 10.3. The molecule has 0 bridgehead atoms. The number of nitrogens with one attached hydrogen (secondary N) is 1. The van der Waals surface area contributed by atoms with Crippen LogP contribution in [0.4, 0.5) is 0 Å². The van der Waals surface area contributed by atoms with Gasteiger partial charge >= 0.3 is 5.97 Å². The fraction of sp³-hybridized carbons (Fsp3) is 0.333. The molecule has 0 spiro atoms. The van der Waals surface area contributed by atoms with Gasteiger partial charge < -0.3 is 19.9 Å². The van der Waals surface area contributed by atoms with E-state index in [0.717, 1.165) is 16.9 Å². The van der Waals surface area contributed by atoms with Crippen LogP contribution >= 0.6 is 0 Å². The minimum atomic E-state index is -0.988. The second kappa shape index (κ2) is 10.2. The highest BCUT2D eigenvalue weighted by Crippen LogP contribution is 2.20. The predicted molar refractivity (Wildman–Crippen MR) is 102 cm³/mol. The highest BCUT2D eigenvalue weighted by atomic mass is 16.5. The Hall–Kier alpha value is -3.02. The van der Waals surface area contributed by atoms with Crippen LogP contribution in [0.3, 0.4) is 0 Å². The maximum Gasteiger partial charge on any atom is 0.303 e. The van der Waals surface area contributed by atoms with Gasteiger partial charge in [0.05, 0.1) is 6.42 Å². The lowest BCUT2D eigenvalue weighted by Crippen LogP contribution is -2.23. The molecule has 1 amide bonds. The molecule has 0 unspecified atom stereocenters. The van der Waals surface area contributed by atoms with Crippen molar-refractivity contribution in [2.75, 3.05) is 13.2 Å². The van der Waals surface area contributed by atoms with E-state index < -0.39 is 5.97 Å². The van der Waals surface area contributed by atoms with Crippen LogP contribution in [-0.4, -0.2) is 30.2 Å². The first kappa shape index (κ1) is 20.3. The highest BCUT2D eigenvalue weighted by molar-refractivity contribution is 5.80. The van der Waals surface area contributed by atoms with Gasteiger partial charge in [0.2, 0.25) is 5.91 Å². The largest absolute Gasteiger partial charge is 0.490 e. The van der Waals surface area contributed by atoms with Crippen molar-refractivity contribution < 1.29 is 24.2 Å². The van der Waals surface area contributed by atoms with E-state index in [1.54, 1.807) is 0 Å². The summed E-state index contributed by atoms with van der Waals surface area (Å²) in [6.45, 7) is 5.11. The molecule has 2 N–H and O–H groups in total. The van der Waals surface area contributed by atoms with E-state index in [2.05, 4.69) is 11.4 Å². The number of ether oxygens (including phenoxy) is 2. The Morgan fingerprint density at radius 3 is 2.37 bits per heavy atom. The molecule has 0 aliphatic carbocycles. The molecule has 2 aromatic rings. The summed E-state index contributed by atoms with van der Waals surface area (Å²) in [4.78, 5) is 22.2. The Kier molecular flexibility index (Phi) is 7.67. The van der Waals surface area contributed by atoms with E-state index in [4.69, 9.17) is 14.6 Å². The summed E-state index contributed by atoms with van der Waals surface area (Å²) in [5.74, 6) is 0.214. The number of carboxylic acid groups (broad SMARTS) is 1. The Balaban J connectivity index is 1.81. The van der Waals surface area contributed by atoms with Gasteiger partial charge in [-0.3, -0.25) is 9.59 Å². The zero-order valence-corrected chi connectivity index (χ0v) is 15.7. The van der Waals surface area contributed by atoms with Gasteiger partial charge in [0, 0.05) is 18.5 Å². The van der Waals surface area contributed by atoms with Crippen LogP contribution in [0.25, 0.3) is 0 Å². The van der Waals surface area contributed by atoms with Crippen molar-refractivity contribution in [2.24, 2.45) is 0 Å². The van der Waals surface area contributed by atoms with Gasteiger partial charge in [-0.25, -0.2) is 0 Å². The number of aryl methyl sites for hydroxylation is 2. The average molecular weight is 371 g/mol. The Morgan fingerprint density at radius 1 is 0.963 bits per heavy atom. The second-order valence-corrected chi connectivity index (χ2v) is 6.24. The van der Waals surface area contributed by atoms with E-state index in [-0.39, 0.29) is 25.3 Å². The molecule has 2 aromatic carbocycles. The van der Waals surface area contributed by atoms with Crippen LogP contribution in [-0.2, 0) is 16.1 Å². The van der Waals surface area contributed by atoms with Gasteiger partial charge in [-0.2, -0.15) is 0 Å². The highest BCUT2D eigenvalue weighted by Gasteiger charge is 2.08. The molecule has 2 rings (SSSR count). The van der Waals surface area contributed by atoms with Gasteiger partial charge in [-0.15, -0.1) is 0 Å². The maximum atomic E-state index is 11.7. The standard InChI is InChI=1S/C21H25NO5/c1-15-7-8-18(16(2)13-15)26-11-12-27-19-6-4-3-5-17(19)14-22-20(23)9-10-21(24)25/h3-8,13H,9-12,14H2,1-2H3,(H,22,23)(H,24,25). The summed E-state index contributed by atoms with van der Waals surface area (Å²) in [7, 11) is 0. The number of aliphatic carboxylic acids is 1. The fourth-order valence-corrected chi connectivity index (χ4v) is 2.56. The van der Waals surface area contributed by atoms with Crippen molar-refractivity contribution in [3.8, 4) is 11.5 Å². The topological polar surface area (TPSA) is 84.9 Å². The fourth-order valence-electron chi connectivity index (χ4n) is 2.56. The number of amides is 1. The molecule has 0 heterocycles. The third-order valence-corrected chi connectivity index (χ3v) is 3.94. The Labute approximate surface area is 159 Å². The first-order chi connectivity index (χ1) is 13.0. The summed E-state index contributed by atoms with van der Waals surface area (Å²) in [6, 6.07) is 13.4. The summed E-state index contributed by atoms with van der Waals surface area (Å²) in [6.07, 6.45) is -0.220. The van der Waals surface area contributed by atoms with E-state index in [1.165, 1.54) is 5.56 Å². The van der Waals surface area contributed by atoms with Crippen molar-refractivity contribution in [3.05, 3.63) is 59.2 Å². The summed E-state index contributed by atoms with van der Waals surface area (Å²) in [5.41, 5.74) is 3.10. The molecule has 0 saturated heterocycles. The van der Waals surface area contributed by atoms with Crippen LogP contribution < -0.4 is 14.8 Å². The molecular formula is C21H25NO5. The molecule has 6 nitrogen and oxygen atoms in total. The van der Waals surface area contributed by atoms with Gasteiger partial charge in [-0.05, 0) is 31.5 Å². The van der Waals surface area contributed by atoms with Crippen molar-refractivity contribution in [1.82, 2.24) is 5.32 Å². The molecule has 0 radical (unpaired) electrons. The van der Waals surface area contributed by atoms with E-state index in [1.807, 2.05) is 50.2 Å². The molecular weight excluding hydrogens is 346 g/mol. The molecule has 0 saturated carbocycles. The summed E-state index contributed by atoms with van der Waals surface area (Å²) < 4.78 is 11.5. The molecule has 0 aliphatic heterocycles. The first-order valence-electron chi connectivity index (χ1n) is 8.85. The second-order valence-electron chi connectivity index (χ2n) is 6.24. The van der Waals surface area contributed by atoms with Crippen molar-refractivity contribution in [2.45, 2.75) is 33.2 Å². The molecule has 0 atom stereocenters. The lowest BCUT2D eigenvalue weighted by atomic mass is 10.1. The van der Waals surface area contributed by atoms with Crippen molar-refractivity contribution >= 4 is 11.9 Å². The molecule has 0 aliphatic rings. The van der Waals surface area contributed by atoms with Crippen LogP contribution in [0.2, 0.25) is 0 Å². The average Bonchev–Trinajstić information content (AvgIpc) is 2.64. The number of hydrogen-bond acceptors (Lipinski definition) is 4. The number of carboxylic acids is 1. The van der Waals surface area contributed by atoms with Crippen molar-refractivity contribution in [3.63, 3.8) is 0 Å². The number of para-hydroxylation sites is 1. The minimum absolute atomic E-state index is 0.0396. The van der Waals surface area contributed by atoms with E-state index >= 15 is 0 Å². The Bertz CT molecular complexity index is 788. The van der Waals surface area contributed by atoms with Crippen LogP contribution in [0.1, 0.15) is 29.5 Å². The number of carbonyl (C=O) groups excluding carboxylic acids is 1. The number of carbonyl (C=O) groups is 2. The van der Waals surface area contributed by atoms with Gasteiger partial charge in [0.15, 0.2) is 0 Å². The van der Waals surface area contributed by atoms with E-state index in [9.17, 15) is 9.59 Å². The van der Waals surface area contributed by atoms with E-state index in [0.29, 0.717) is 19.0 Å². The molecule has 6 heteroatoms. The zero-order valence-electron chi connectivity index (χ0n) is 15.7. The van der Waals surface area contributed by atoms with Crippen LogP contribution in [0.5, 0.6) is 11.5 Å². The van der Waals surface area contributed by atoms with Crippen LogP contribution in [0.15, 0.2) is 42.5 Å². The lowest BCUT2D eigenvalue weighted by molar-refractivity contribution is -0.138. The van der Waals surface area contributed by atoms with Crippen molar-refractivity contribution in [1.29, 1.82) is 0 Å². The molecule has 144 valence electrons. The lowest BCUT2D eigenvalue weighted by Gasteiger charge is -2.13. The predicted octanol–water partition coefficient (Wildman–Crippen LogP) is 3.24. The minimum Gasteiger partial charge on any atom is -0.490 e. The zero-order chi connectivity index (χ0) is 19.6. The third-order valence-electron chi connectivity index (χ3n) is 3.94. The number of hydrogen-bond donors (Lipinski definition) is 2. The van der Waals surface area contributed by atoms with Crippen LogP contribution in [0, 0.1) is 13.8 Å². The molecule has 27 heavy (non-hydrogen) atoms. The number of benzene rings is 2. The Morgan fingerprint density at radius 2 is 1.67 bits per heavy atom. The maximum absolute atomic E-state index is 11.7. The number of rotatable bonds is 10. The first-order valence-corrected chi connectivity index (χ1v) is 8.85. The quantitative estimate of drug-likeness (QED) is 0.626.